The van der Waals surface area contributed by atoms with Crippen LogP contribution in [0.4, 0.5) is 0 Å². The molecule has 0 radical (unpaired) electrons. The van der Waals surface area contributed by atoms with Crippen LogP contribution in [0.1, 0.15) is 44.2 Å². The lowest BCUT2D eigenvalue weighted by atomic mass is 10.1. The average molecular weight is 461 g/mol. The number of hydrogen-bond acceptors (Lipinski definition) is 4. The summed E-state index contributed by atoms with van der Waals surface area (Å²) in [4.78, 5) is 27.5. The highest BCUT2D eigenvalue weighted by Crippen LogP contribution is 2.28. The zero-order valence-corrected chi connectivity index (χ0v) is 20.1. The van der Waals surface area contributed by atoms with E-state index >= 15 is 0 Å². The van der Waals surface area contributed by atoms with Gasteiger partial charge in [-0.1, -0.05) is 43.1 Å². The van der Waals surface area contributed by atoms with Crippen molar-refractivity contribution in [2.75, 3.05) is 20.8 Å². The van der Waals surface area contributed by atoms with Gasteiger partial charge in [-0.15, -0.1) is 0 Å². The predicted molar refractivity (Wildman–Crippen MR) is 127 cm³/mol. The number of aryl methyl sites for hydroxylation is 1. The standard InChI is InChI=1S/C25H33ClN2O4/c1-5-6-15-27-25(30)18(2)28(17-20-7-11-21(26)12-8-20)24(29)14-10-19-9-13-22(31-3)23(16-19)32-4/h7-9,11-13,16,18H,5-6,10,14-15,17H2,1-4H3,(H,27,30)/t18-/m1/s1. The van der Waals surface area contributed by atoms with Gasteiger partial charge < -0.3 is 19.7 Å². The predicted octanol–water partition coefficient (Wildman–Crippen LogP) is 4.62. The number of hydrogen-bond donors (Lipinski definition) is 1. The first kappa shape index (κ1) is 25.5. The van der Waals surface area contributed by atoms with Gasteiger partial charge in [0.2, 0.25) is 11.8 Å². The Balaban J connectivity index is 2.13. The van der Waals surface area contributed by atoms with Crippen molar-refractivity contribution in [1.29, 1.82) is 0 Å². The van der Waals surface area contributed by atoms with Gasteiger partial charge >= 0.3 is 0 Å². The minimum atomic E-state index is -0.583. The maximum Gasteiger partial charge on any atom is 0.242 e. The SMILES string of the molecule is CCCCNC(=O)[C@@H](C)N(Cc1ccc(Cl)cc1)C(=O)CCc1ccc(OC)c(OC)c1. The van der Waals surface area contributed by atoms with Gasteiger partial charge in [-0.25, -0.2) is 0 Å². The van der Waals surface area contributed by atoms with Gasteiger partial charge in [0.25, 0.3) is 0 Å². The maximum atomic E-state index is 13.2. The van der Waals surface area contributed by atoms with E-state index in [2.05, 4.69) is 12.2 Å². The summed E-state index contributed by atoms with van der Waals surface area (Å²) < 4.78 is 10.6. The fourth-order valence-corrected chi connectivity index (χ4v) is 3.46. The summed E-state index contributed by atoms with van der Waals surface area (Å²) in [7, 11) is 3.17. The molecule has 0 aliphatic rings. The summed E-state index contributed by atoms with van der Waals surface area (Å²) in [5, 5.41) is 3.56. The second kappa shape index (κ2) is 13.0. The largest absolute Gasteiger partial charge is 0.493 e. The number of nitrogens with zero attached hydrogens (tertiary/aromatic N) is 1. The molecule has 7 heteroatoms. The van der Waals surface area contributed by atoms with Crippen molar-refractivity contribution in [2.24, 2.45) is 0 Å². The zero-order chi connectivity index (χ0) is 23.5. The molecule has 2 aromatic rings. The number of ether oxygens (including phenoxy) is 2. The number of carbonyl (C=O) groups is 2. The van der Waals surface area contributed by atoms with Crippen LogP contribution in [0.3, 0.4) is 0 Å². The molecule has 2 amide bonds. The normalized spacial score (nSPS) is 11.5. The maximum absolute atomic E-state index is 13.2. The van der Waals surface area contributed by atoms with Gasteiger partial charge in [0.1, 0.15) is 6.04 Å². The molecule has 0 fully saturated rings. The van der Waals surface area contributed by atoms with E-state index in [4.69, 9.17) is 21.1 Å². The number of unbranched alkanes of at least 4 members (excludes halogenated alkanes) is 1. The Morgan fingerprint density at radius 2 is 1.69 bits per heavy atom. The molecule has 174 valence electrons. The molecular weight excluding hydrogens is 428 g/mol. The average Bonchev–Trinajstić information content (AvgIpc) is 2.81. The number of carbonyl (C=O) groups excluding carboxylic acids is 2. The number of amides is 2. The Kier molecular flexibility index (Phi) is 10.3. The Hall–Kier alpha value is -2.73. The summed E-state index contributed by atoms with van der Waals surface area (Å²) in [6.45, 7) is 4.78. The first-order chi connectivity index (χ1) is 15.4. The first-order valence-electron chi connectivity index (χ1n) is 10.9. The summed E-state index contributed by atoms with van der Waals surface area (Å²) in [5.41, 5.74) is 1.88. The van der Waals surface area contributed by atoms with E-state index in [9.17, 15) is 9.59 Å². The fraction of sp³-hybridized carbons (Fsp3) is 0.440. The third-order valence-corrected chi connectivity index (χ3v) is 5.59. The highest BCUT2D eigenvalue weighted by molar-refractivity contribution is 6.30. The molecule has 6 nitrogen and oxygen atoms in total. The molecule has 0 aliphatic heterocycles. The van der Waals surface area contributed by atoms with Crippen LogP contribution in [0.25, 0.3) is 0 Å². The van der Waals surface area contributed by atoms with Crippen molar-refractivity contribution < 1.29 is 19.1 Å². The molecule has 1 atom stereocenters. The van der Waals surface area contributed by atoms with Gasteiger partial charge in [0.05, 0.1) is 14.2 Å². The molecule has 0 aliphatic carbocycles. The Morgan fingerprint density at radius 1 is 1.03 bits per heavy atom. The van der Waals surface area contributed by atoms with Crippen molar-refractivity contribution in [2.45, 2.75) is 52.1 Å². The van der Waals surface area contributed by atoms with Crippen LogP contribution in [0, 0.1) is 0 Å². The second-order valence-corrected chi connectivity index (χ2v) is 8.09. The molecule has 0 aromatic heterocycles. The quantitative estimate of drug-likeness (QED) is 0.469. The van der Waals surface area contributed by atoms with Crippen LogP contribution in [0.15, 0.2) is 42.5 Å². The van der Waals surface area contributed by atoms with Crippen molar-refractivity contribution in [3.63, 3.8) is 0 Å². The number of nitrogens with one attached hydrogen (secondary N) is 1. The van der Waals surface area contributed by atoms with Crippen LogP contribution >= 0.6 is 11.6 Å². The summed E-state index contributed by atoms with van der Waals surface area (Å²) >= 11 is 5.99. The van der Waals surface area contributed by atoms with E-state index in [1.54, 1.807) is 38.2 Å². The molecule has 0 heterocycles. The summed E-state index contributed by atoms with van der Waals surface area (Å²) in [6.07, 6.45) is 2.70. The molecule has 32 heavy (non-hydrogen) atoms. The molecule has 0 spiro atoms. The van der Waals surface area contributed by atoms with Gasteiger partial charge in [0, 0.05) is 24.5 Å². The number of benzene rings is 2. The Morgan fingerprint density at radius 3 is 2.31 bits per heavy atom. The van der Waals surface area contributed by atoms with Gasteiger partial charge in [-0.2, -0.15) is 0 Å². The number of halogens is 1. The topological polar surface area (TPSA) is 67.9 Å². The Bertz CT molecular complexity index is 886. The highest BCUT2D eigenvalue weighted by atomic mass is 35.5. The monoisotopic (exact) mass is 460 g/mol. The van der Waals surface area contributed by atoms with Gasteiger partial charge in [0.15, 0.2) is 11.5 Å². The highest BCUT2D eigenvalue weighted by Gasteiger charge is 2.25. The lowest BCUT2D eigenvalue weighted by molar-refractivity contribution is -0.140. The minimum Gasteiger partial charge on any atom is -0.493 e. The molecule has 0 bridgehead atoms. The minimum absolute atomic E-state index is 0.0899. The van der Waals surface area contributed by atoms with E-state index in [1.807, 2.05) is 30.3 Å². The molecule has 1 N–H and O–H groups in total. The molecule has 2 rings (SSSR count). The van der Waals surface area contributed by atoms with Crippen LogP contribution in [0.2, 0.25) is 5.02 Å². The third-order valence-electron chi connectivity index (χ3n) is 5.34. The molecule has 2 aromatic carbocycles. The smallest absolute Gasteiger partial charge is 0.242 e. The van der Waals surface area contributed by atoms with Crippen LogP contribution in [-0.4, -0.2) is 43.5 Å². The van der Waals surface area contributed by atoms with E-state index in [1.165, 1.54) is 0 Å². The lowest BCUT2D eigenvalue weighted by Gasteiger charge is -2.29. The summed E-state index contributed by atoms with van der Waals surface area (Å²) in [5.74, 6) is 1.03. The number of methoxy groups -OCH3 is 2. The zero-order valence-electron chi connectivity index (χ0n) is 19.3. The molecule has 0 unspecified atom stereocenters. The molecular formula is C25H33ClN2O4. The van der Waals surface area contributed by atoms with E-state index in [0.717, 1.165) is 24.0 Å². The summed E-state index contributed by atoms with van der Waals surface area (Å²) in [6, 6.07) is 12.4. The number of rotatable bonds is 12. The van der Waals surface area contributed by atoms with E-state index in [0.29, 0.717) is 36.0 Å². The van der Waals surface area contributed by atoms with Crippen molar-refractivity contribution >= 4 is 23.4 Å². The van der Waals surface area contributed by atoms with Crippen molar-refractivity contribution in [3.05, 3.63) is 58.6 Å². The third kappa shape index (κ3) is 7.45. The first-order valence-corrected chi connectivity index (χ1v) is 11.3. The molecule has 0 saturated carbocycles. The van der Waals surface area contributed by atoms with Gasteiger partial charge in [-0.3, -0.25) is 9.59 Å². The van der Waals surface area contributed by atoms with E-state index < -0.39 is 6.04 Å². The molecule has 0 saturated heterocycles. The van der Waals surface area contributed by atoms with E-state index in [-0.39, 0.29) is 18.2 Å². The van der Waals surface area contributed by atoms with Gasteiger partial charge in [-0.05, 0) is 55.2 Å². The van der Waals surface area contributed by atoms with Crippen molar-refractivity contribution in [1.82, 2.24) is 10.2 Å². The van der Waals surface area contributed by atoms with Crippen LogP contribution < -0.4 is 14.8 Å². The fourth-order valence-electron chi connectivity index (χ4n) is 3.34. The van der Waals surface area contributed by atoms with Crippen LogP contribution in [-0.2, 0) is 22.6 Å². The van der Waals surface area contributed by atoms with Crippen LogP contribution in [0.5, 0.6) is 11.5 Å². The Labute approximate surface area is 195 Å². The second-order valence-electron chi connectivity index (χ2n) is 7.66. The lowest BCUT2D eigenvalue weighted by Crippen LogP contribution is -2.47. The van der Waals surface area contributed by atoms with Crippen molar-refractivity contribution in [3.8, 4) is 11.5 Å².